The van der Waals surface area contributed by atoms with Crippen LogP contribution in [0.15, 0.2) is 39.3 Å². The molecule has 0 saturated heterocycles. The van der Waals surface area contributed by atoms with Gasteiger partial charge in [0.1, 0.15) is 11.6 Å². The third kappa shape index (κ3) is 3.01. The van der Waals surface area contributed by atoms with E-state index in [9.17, 15) is 4.39 Å². The van der Waals surface area contributed by atoms with Gasteiger partial charge in [-0.25, -0.2) is 4.39 Å². The molecule has 0 saturated carbocycles. The third-order valence-electron chi connectivity index (χ3n) is 2.94. The Kier molecular flexibility index (Phi) is 5.07. The van der Waals surface area contributed by atoms with Gasteiger partial charge in [0.2, 0.25) is 0 Å². The maximum absolute atomic E-state index is 14.2. The summed E-state index contributed by atoms with van der Waals surface area (Å²) in [6, 6.07) is 8.02. The highest BCUT2D eigenvalue weighted by Gasteiger charge is 2.19. The monoisotopic (exact) mass is 421 g/mol. The fraction of sp³-hybridized carbons (Fsp3) is 0.143. The Morgan fingerprint density at radius 3 is 2.45 bits per heavy atom. The lowest BCUT2D eigenvalue weighted by Gasteiger charge is -2.17. The maximum Gasteiger partial charge on any atom is 0.148 e. The van der Waals surface area contributed by atoms with Crippen molar-refractivity contribution in [3.05, 3.63) is 61.2 Å². The summed E-state index contributed by atoms with van der Waals surface area (Å²) < 4.78 is 20.7. The number of methoxy groups -OCH3 is 1. The van der Waals surface area contributed by atoms with Crippen LogP contribution in [-0.2, 0) is 0 Å². The average molecular weight is 424 g/mol. The quantitative estimate of drug-likeness (QED) is 0.701. The lowest BCUT2D eigenvalue weighted by molar-refractivity contribution is 0.414. The van der Waals surface area contributed by atoms with Gasteiger partial charge in [0, 0.05) is 14.5 Å². The van der Waals surface area contributed by atoms with E-state index in [1.165, 1.54) is 0 Å². The minimum atomic E-state index is -0.648. The first-order chi connectivity index (χ1) is 9.45. The molecule has 0 radical (unpaired) electrons. The molecule has 0 bridgehead atoms. The summed E-state index contributed by atoms with van der Waals surface area (Å²) in [7, 11) is 1.57. The lowest BCUT2D eigenvalue weighted by atomic mass is 9.99. The van der Waals surface area contributed by atoms with Crippen molar-refractivity contribution < 1.29 is 9.13 Å². The van der Waals surface area contributed by atoms with E-state index in [0.29, 0.717) is 15.8 Å². The normalized spacial score (nSPS) is 12.3. The summed E-state index contributed by atoms with van der Waals surface area (Å²) in [5.41, 5.74) is 7.21. The zero-order chi connectivity index (χ0) is 14.9. The van der Waals surface area contributed by atoms with Gasteiger partial charge in [-0.3, -0.25) is 0 Å². The molecule has 2 aromatic carbocycles. The smallest absolute Gasteiger partial charge is 0.148 e. The highest BCUT2D eigenvalue weighted by Crippen LogP contribution is 2.35. The van der Waals surface area contributed by atoms with Crippen molar-refractivity contribution in [2.24, 2.45) is 5.73 Å². The fourth-order valence-electron chi connectivity index (χ4n) is 1.84. The Bertz CT molecular complexity index is 651. The van der Waals surface area contributed by atoms with Crippen LogP contribution >= 0.6 is 43.5 Å². The molecule has 1 unspecified atom stereocenters. The molecule has 0 aliphatic heterocycles. The van der Waals surface area contributed by atoms with Crippen molar-refractivity contribution in [2.45, 2.75) is 6.04 Å². The molecule has 0 aliphatic rings. The zero-order valence-corrected chi connectivity index (χ0v) is 14.4. The molecule has 20 heavy (non-hydrogen) atoms. The zero-order valence-electron chi connectivity index (χ0n) is 10.5. The average Bonchev–Trinajstić information content (AvgIpc) is 2.45. The largest absolute Gasteiger partial charge is 0.497 e. The van der Waals surface area contributed by atoms with Gasteiger partial charge in [-0.1, -0.05) is 33.6 Å². The molecule has 2 aromatic rings. The Labute approximate surface area is 138 Å². The molecule has 2 N–H and O–H groups in total. The highest BCUT2D eigenvalue weighted by molar-refractivity contribution is 9.10. The molecular weight excluding hydrogens is 412 g/mol. The predicted octanol–water partition coefficient (Wildman–Crippen LogP) is 5.06. The van der Waals surface area contributed by atoms with E-state index >= 15 is 0 Å². The van der Waals surface area contributed by atoms with Gasteiger partial charge < -0.3 is 10.5 Å². The third-order valence-corrected chi connectivity index (χ3v) is 4.92. The van der Waals surface area contributed by atoms with Gasteiger partial charge >= 0.3 is 0 Å². The molecule has 6 heteroatoms. The van der Waals surface area contributed by atoms with Crippen molar-refractivity contribution in [1.29, 1.82) is 0 Å². The number of halogens is 4. The topological polar surface area (TPSA) is 35.2 Å². The van der Waals surface area contributed by atoms with Crippen molar-refractivity contribution in [3.8, 4) is 5.75 Å². The first kappa shape index (κ1) is 15.8. The van der Waals surface area contributed by atoms with E-state index in [4.69, 9.17) is 22.1 Å². The fourth-order valence-corrected chi connectivity index (χ4v) is 2.81. The van der Waals surface area contributed by atoms with Crippen molar-refractivity contribution in [1.82, 2.24) is 0 Å². The minimum absolute atomic E-state index is 0.0250. The Balaban J connectivity index is 2.51. The minimum Gasteiger partial charge on any atom is -0.497 e. The number of benzene rings is 2. The molecule has 0 amide bonds. The SMILES string of the molecule is COc1ccc(Br)c(C(N)c2ccc(Br)c(Cl)c2F)c1. The van der Waals surface area contributed by atoms with Crippen molar-refractivity contribution in [2.75, 3.05) is 7.11 Å². The van der Waals surface area contributed by atoms with Crippen molar-refractivity contribution >= 4 is 43.5 Å². The molecule has 1 atom stereocenters. The molecule has 0 aromatic heterocycles. The number of hydrogen-bond donors (Lipinski definition) is 1. The molecule has 0 heterocycles. The van der Waals surface area contributed by atoms with E-state index in [1.807, 2.05) is 6.07 Å². The summed E-state index contributed by atoms with van der Waals surface area (Å²) in [6.07, 6.45) is 0. The highest BCUT2D eigenvalue weighted by atomic mass is 79.9. The van der Waals surface area contributed by atoms with Gasteiger partial charge in [-0.05, 0) is 45.8 Å². The molecule has 0 aliphatic carbocycles. The summed E-state index contributed by atoms with van der Waals surface area (Å²) in [6.45, 7) is 0. The second kappa shape index (κ2) is 6.43. The van der Waals surface area contributed by atoms with Crippen LogP contribution in [0.3, 0.4) is 0 Å². The number of hydrogen-bond acceptors (Lipinski definition) is 2. The van der Waals surface area contributed by atoms with Crippen LogP contribution in [0.1, 0.15) is 17.2 Å². The van der Waals surface area contributed by atoms with Gasteiger partial charge in [0.05, 0.1) is 18.2 Å². The van der Waals surface area contributed by atoms with Gasteiger partial charge in [-0.15, -0.1) is 0 Å². The Hall–Kier alpha value is -0.620. The molecule has 0 fully saturated rings. The first-order valence-corrected chi connectivity index (χ1v) is 7.64. The molecule has 2 nitrogen and oxygen atoms in total. The van der Waals surface area contributed by atoms with E-state index in [0.717, 1.165) is 10.0 Å². The molecule has 106 valence electrons. The van der Waals surface area contributed by atoms with Crippen LogP contribution in [0, 0.1) is 5.82 Å². The summed E-state index contributed by atoms with van der Waals surface area (Å²) in [5, 5.41) is 0.0250. The van der Waals surface area contributed by atoms with Gasteiger partial charge in [-0.2, -0.15) is 0 Å². The molecule has 0 spiro atoms. The summed E-state index contributed by atoms with van der Waals surface area (Å²) in [4.78, 5) is 0. The molecule has 2 rings (SSSR count). The van der Waals surface area contributed by atoms with Crippen molar-refractivity contribution in [3.63, 3.8) is 0 Å². The van der Waals surface area contributed by atoms with Crippen LogP contribution in [0.5, 0.6) is 5.75 Å². The van der Waals surface area contributed by atoms with E-state index in [1.54, 1.807) is 31.4 Å². The van der Waals surface area contributed by atoms with E-state index < -0.39 is 11.9 Å². The molecular formula is C14H11Br2ClFNO. The maximum atomic E-state index is 14.2. The van der Waals surface area contributed by atoms with Gasteiger partial charge in [0.25, 0.3) is 0 Å². The van der Waals surface area contributed by atoms with E-state index in [-0.39, 0.29) is 5.02 Å². The predicted molar refractivity (Wildman–Crippen MR) is 85.8 cm³/mol. The van der Waals surface area contributed by atoms with Crippen LogP contribution < -0.4 is 10.5 Å². The van der Waals surface area contributed by atoms with Crippen LogP contribution in [0.25, 0.3) is 0 Å². The number of rotatable bonds is 3. The van der Waals surface area contributed by atoms with Crippen LogP contribution in [0.2, 0.25) is 5.02 Å². The van der Waals surface area contributed by atoms with E-state index in [2.05, 4.69) is 31.9 Å². The Morgan fingerprint density at radius 2 is 1.80 bits per heavy atom. The lowest BCUT2D eigenvalue weighted by Crippen LogP contribution is -2.14. The van der Waals surface area contributed by atoms with Gasteiger partial charge in [0.15, 0.2) is 0 Å². The number of nitrogens with two attached hydrogens (primary N) is 1. The Morgan fingerprint density at radius 1 is 1.15 bits per heavy atom. The van der Waals surface area contributed by atoms with Crippen LogP contribution in [-0.4, -0.2) is 7.11 Å². The second-order valence-electron chi connectivity index (χ2n) is 4.13. The van der Waals surface area contributed by atoms with Crippen LogP contribution in [0.4, 0.5) is 4.39 Å². The standard InChI is InChI=1S/C14H11Br2ClFNO/c1-20-7-2-4-10(15)9(6-7)14(19)8-3-5-11(16)12(17)13(8)18/h2-6,14H,19H2,1H3. The second-order valence-corrected chi connectivity index (χ2v) is 6.22. The first-order valence-electron chi connectivity index (χ1n) is 5.68. The number of ether oxygens (including phenoxy) is 1. The summed E-state index contributed by atoms with van der Waals surface area (Å²) >= 11 is 12.5. The summed E-state index contributed by atoms with van der Waals surface area (Å²) in [5.74, 6) is 0.130.